The molecule has 3 heterocycles. The van der Waals surface area contributed by atoms with Crippen LogP contribution in [0.15, 0.2) is 42.7 Å². The van der Waals surface area contributed by atoms with E-state index < -0.39 is 11.6 Å². The molecule has 2 aliphatic rings. The fourth-order valence-electron chi connectivity index (χ4n) is 3.32. The van der Waals surface area contributed by atoms with Gasteiger partial charge in [-0.05, 0) is 17.7 Å². The number of hydrogen-bond acceptors (Lipinski definition) is 5. The highest BCUT2D eigenvalue weighted by atomic mass is 16.5. The second-order valence-electron chi connectivity index (χ2n) is 6.17. The number of para-hydroxylation sites is 1. The minimum absolute atomic E-state index is 0.124. The number of ether oxygens (including phenoxy) is 2. The lowest BCUT2D eigenvalue weighted by atomic mass is 9.88. The Morgan fingerprint density at radius 3 is 2.62 bits per heavy atom. The number of hydrogen-bond donors (Lipinski definition) is 1. The molecule has 1 N–H and O–H groups in total. The Hall–Kier alpha value is -2.47. The Morgan fingerprint density at radius 1 is 1.12 bits per heavy atom. The predicted octanol–water partition coefficient (Wildman–Crippen LogP) is 1.60. The number of aromatic nitrogens is 2. The highest BCUT2D eigenvalue weighted by Crippen LogP contribution is 2.32. The van der Waals surface area contributed by atoms with Gasteiger partial charge in [-0.2, -0.15) is 0 Å². The maximum atomic E-state index is 12.8. The van der Waals surface area contributed by atoms with E-state index in [0.29, 0.717) is 38.3 Å². The molecule has 2 aliphatic heterocycles. The van der Waals surface area contributed by atoms with E-state index in [0.717, 1.165) is 11.3 Å². The van der Waals surface area contributed by atoms with Crippen LogP contribution in [0.1, 0.15) is 24.2 Å². The van der Waals surface area contributed by atoms with Crippen molar-refractivity contribution in [1.82, 2.24) is 15.3 Å². The van der Waals surface area contributed by atoms with Gasteiger partial charge in [-0.15, -0.1) is 0 Å². The molecule has 6 heteroatoms. The zero-order valence-electron chi connectivity index (χ0n) is 13.3. The van der Waals surface area contributed by atoms with Crippen LogP contribution in [0.25, 0.3) is 0 Å². The number of nitrogens with one attached hydrogen (secondary N) is 1. The van der Waals surface area contributed by atoms with Crippen LogP contribution in [-0.2, 0) is 21.5 Å². The van der Waals surface area contributed by atoms with Crippen LogP contribution in [0.4, 0.5) is 0 Å². The van der Waals surface area contributed by atoms with E-state index in [1.165, 1.54) is 0 Å². The molecule has 4 rings (SSSR count). The van der Waals surface area contributed by atoms with Gasteiger partial charge in [0.1, 0.15) is 11.3 Å². The van der Waals surface area contributed by atoms with Gasteiger partial charge in [-0.3, -0.25) is 4.79 Å². The molecule has 1 amide bonds. The third-order valence-corrected chi connectivity index (χ3v) is 4.64. The summed E-state index contributed by atoms with van der Waals surface area (Å²) in [6.07, 6.45) is 4.79. The molecule has 1 atom stereocenters. The summed E-state index contributed by atoms with van der Waals surface area (Å²) in [6, 6.07) is 9.53. The molecule has 0 spiro atoms. The van der Waals surface area contributed by atoms with Crippen LogP contribution in [-0.4, -0.2) is 35.2 Å². The summed E-state index contributed by atoms with van der Waals surface area (Å²) in [5.74, 6) is 1.30. The van der Waals surface area contributed by atoms with Crippen LogP contribution in [0.2, 0.25) is 0 Å². The molecule has 1 aromatic heterocycles. The summed E-state index contributed by atoms with van der Waals surface area (Å²) < 4.78 is 11.3. The summed E-state index contributed by atoms with van der Waals surface area (Å²) in [5.41, 5.74) is 0.476. The van der Waals surface area contributed by atoms with Crippen LogP contribution in [0, 0.1) is 0 Å². The lowest BCUT2D eigenvalue weighted by molar-refractivity contribution is -0.131. The van der Waals surface area contributed by atoms with Crippen molar-refractivity contribution in [2.24, 2.45) is 0 Å². The zero-order valence-corrected chi connectivity index (χ0v) is 13.3. The first-order chi connectivity index (χ1) is 11.8. The molecule has 0 bridgehead atoms. The number of amides is 1. The average Bonchev–Trinajstić information content (AvgIpc) is 3.08. The summed E-state index contributed by atoms with van der Waals surface area (Å²) in [4.78, 5) is 21.6. The first-order valence-corrected chi connectivity index (χ1v) is 8.19. The Labute approximate surface area is 140 Å². The van der Waals surface area contributed by atoms with E-state index in [2.05, 4.69) is 15.3 Å². The second kappa shape index (κ2) is 6.20. The monoisotopic (exact) mass is 325 g/mol. The lowest BCUT2D eigenvalue weighted by Gasteiger charge is -2.37. The minimum atomic E-state index is -0.589. The number of benzene rings is 1. The maximum absolute atomic E-state index is 12.8. The van der Waals surface area contributed by atoms with Crippen molar-refractivity contribution in [3.8, 4) is 5.75 Å². The van der Waals surface area contributed by atoms with E-state index in [9.17, 15) is 4.79 Å². The smallest absolute Gasteiger partial charge is 0.262 e. The third-order valence-electron chi connectivity index (χ3n) is 4.64. The Bertz CT molecular complexity index is 704. The van der Waals surface area contributed by atoms with Gasteiger partial charge < -0.3 is 14.8 Å². The van der Waals surface area contributed by atoms with Crippen LogP contribution in [0.5, 0.6) is 5.75 Å². The summed E-state index contributed by atoms with van der Waals surface area (Å²) >= 11 is 0. The van der Waals surface area contributed by atoms with Crippen LogP contribution >= 0.6 is 0 Å². The van der Waals surface area contributed by atoms with E-state index in [1.807, 2.05) is 24.3 Å². The van der Waals surface area contributed by atoms with Gasteiger partial charge in [0.15, 0.2) is 11.9 Å². The predicted molar refractivity (Wildman–Crippen MR) is 86.5 cm³/mol. The van der Waals surface area contributed by atoms with Gasteiger partial charge in [0.25, 0.3) is 5.91 Å². The summed E-state index contributed by atoms with van der Waals surface area (Å²) in [7, 11) is 0. The summed E-state index contributed by atoms with van der Waals surface area (Å²) in [6.45, 7) is 1.15. The molecule has 24 heavy (non-hydrogen) atoms. The molecule has 1 unspecified atom stereocenters. The first-order valence-electron chi connectivity index (χ1n) is 8.19. The zero-order chi connectivity index (χ0) is 16.4. The lowest BCUT2D eigenvalue weighted by Crippen LogP contribution is -2.54. The molecule has 124 valence electrons. The Kier molecular flexibility index (Phi) is 3.90. The number of nitrogens with zero attached hydrogens (tertiary/aromatic N) is 2. The normalized spacial score (nSPS) is 21.6. The largest absolute Gasteiger partial charge is 0.480 e. The molecular formula is C18H19N3O3. The quantitative estimate of drug-likeness (QED) is 0.928. The van der Waals surface area contributed by atoms with Gasteiger partial charge in [0.2, 0.25) is 0 Å². The van der Waals surface area contributed by atoms with Gasteiger partial charge in [0, 0.05) is 44.9 Å². The van der Waals surface area contributed by atoms with Crippen molar-refractivity contribution in [3.05, 3.63) is 54.1 Å². The van der Waals surface area contributed by atoms with Crippen molar-refractivity contribution < 1.29 is 14.3 Å². The SMILES string of the molecule is O=C(NC1(c2ncccn2)CCOCC1)C1Cc2ccccc2O1. The number of rotatable bonds is 3. The van der Waals surface area contributed by atoms with Gasteiger partial charge >= 0.3 is 0 Å². The van der Waals surface area contributed by atoms with E-state index >= 15 is 0 Å². The molecule has 1 fully saturated rings. The molecular weight excluding hydrogens is 306 g/mol. The van der Waals surface area contributed by atoms with Gasteiger partial charge in [0.05, 0.1) is 0 Å². The Balaban J connectivity index is 1.54. The highest BCUT2D eigenvalue weighted by molar-refractivity contribution is 5.83. The van der Waals surface area contributed by atoms with Crippen molar-refractivity contribution in [1.29, 1.82) is 0 Å². The summed E-state index contributed by atoms with van der Waals surface area (Å²) in [5, 5.41) is 3.16. The number of carbonyl (C=O) groups excluding carboxylic acids is 1. The topological polar surface area (TPSA) is 73.3 Å². The van der Waals surface area contributed by atoms with Crippen molar-refractivity contribution in [2.75, 3.05) is 13.2 Å². The highest BCUT2D eigenvalue weighted by Gasteiger charge is 2.41. The second-order valence-corrected chi connectivity index (χ2v) is 6.17. The van der Waals surface area contributed by atoms with Crippen LogP contribution in [0.3, 0.4) is 0 Å². The van der Waals surface area contributed by atoms with Gasteiger partial charge in [-0.1, -0.05) is 18.2 Å². The number of carbonyl (C=O) groups is 1. The van der Waals surface area contributed by atoms with Gasteiger partial charge in [-0.25, -0.2) is 9.97 Å². The molecule has 0 saturated carbocycles. The molecule has 0 radical (unpaired) electrons. The average molecular weight is 325 g/mol. The molecule has 0 aliphatic carbocycles. The fourth-order valence-corrected chi connectivity index (χ4v) is 3.32. The van der Waals surface area contributed by atoms with Crippen molar-refractivity contribution >= 4 is 5.91 Å². The van der Waals surface area contributed by atoms with E-state index in [-0.39, 0.29) is 5.91 Å². The molecule has 2 aromatic rings. The van der Waals surface area contributed by atoms with E-state index in [1.54, 1.807) is 18.5 Å². The standard InChI is InChI=1S/C18H19N3O3/c22-16(15-12-13-4-1-2-5-14(13)24-15)21-18(6-10-23-11-7-18)17-19-8-3-9-20-17/h1-5,8-9,15H,6-7,10-12H2,(H,21,22). The molecule has 6 nitrogen and oxygen atoms in total. The first kappa shape index (κ1) is 15.1. The van der Waals surface area contributed by atoms with E-state index in [4.69, 9.17) is 9.47 Å². The fraction of sp³-hybridized carbons (Fsp3) is 0.389. The third kappa shape index (κ3) is 2.73. The van der Waals surface area contributed by atoms with Crippen molar-refractivity contribution in [3.63, 3.8) is 0 Å². The molecule has 1 aromatic carbocycles. The number of fused-ring (bicyclic) bond motifs is 1. The maximum Gasteiger partial charge on any atom is 0.262 e. The van der Waals surface area contributed by atoms with Crippen molar-refractivity contribution in [2.45, 2.75) is 30.9 Å². The Morgan fingerprint density at radius 2 is 1.88 bits per heavy atom. The molecule has 1 saturated heterocycles. The minimum Gasteiger partial charge on any atom is -0.480 e. The van der Waals surface area contributed by atoms with Crippen LogP contribution < -0.4 is 10.1 Å².